The molecule has 0 unspecified atom stereocenters. The number of benzene rings is 1. The molecule has 0 aliphatic carbocycles. The first-order valence-electron chi connectivity index (χ1n) is 13.7. The van der Waals surface area contributed by atoms with E-state index in [1.165, 1.54) is 28.0 Å². The molecule has 2 N–H and O–H groups in total. The molecular weight excluding hydrogens is 519 g/mol. The van der Waals surface area contributed by atoms with Crippen LogP contribution in [-0.2, 0) is 14.4 Å². The predicted molar refractivity (Wildman–Crippen MR) is 151 cm³/mol. The van der Waals surface area contributed by atoms with Crippen LogP contribution >= 0.6 is 11.3 Å². The van der Waals surface area contributed by atoms with Crippen LogP contribution in [0.1, 0.15) is 73.8 Å². The highest BCUT2D eigenvalue weighted by atomic mass is 32.1. The number of hydrogen-bond donors (Lipinski definition) is 2. The van der Waals surface area contributed by atoms with Crippen molar-refractivity contribution in [3.05, 3.63) is 63.1 Å². The summed E-state index contributed by atoms with van der Waals surface area (Å²) in [6.07, 6.45) is 6.68. The van der Waals surface area contributed by atoms with Crippen molar-refractivity contribution in [2.75, 3.05) is 32.7 Å². The third-order valence-electron chi connectivity index (χ3n) is 7.05. The lowest BCUT2D eigenvalue weighted by Gasteiger charge is -2.30. The van der Waals surface area contributed by atoms with E-state index in [-0.39, 0.29) is 18.7 Å². The zero-order valence-electron chi connectivity index (χ0n) is 22.7. The van der Waals surface area contributed by atoms with Gasteiger partial charge in [0.1, 0.15) is 5.82 Å². The Morgan fingerprint density at radius 1 is 0.897 bits per heavy atom. The van der Waals surface area contributed by atoms with Crippen LogP contribution in [0, 0.1) is 12.7 Å². The zero-order chi connectivity index (χ0) is 28.2. The van der Waals surface area contributed by atoms with Crippen molar-refractivity contribution in [1.29, 1.82) is 0 Å². The fraction of sp³-hybridized carbons (Fsp3) is 0.500. The number of aliphatic carboxylic acids is 2. The molecule has 9 heteroatoms. The smallest absolute Gasteiger partial charge is 0.303 e. The summed E-state index contributed by atoms with van der Waals surface area (Å²) >= 11 is 1.77. The lowest BCUT2D eigenvalue weighted by molar-refractivity contribution is -0.143. The topological polar surface area (TPSA) is 98.2 Å². The number of aryl methyl sites for hydroxylation is 1. The highest BCUT2D eigenvalue weighted by Crippen LogP contribution is 2.35. The van der Waals surface area contributed by atoms with Crippen LogP contribution in [0.5, 0.6) is 0 Å². The quantitative estimate of drug-likeness (QED) is 0.402. The van der Waals surface area contributed by atoms with Crippen LogP contribution in [0.3, 0.4) is 0 Å². The second-order valence-electron chi connectivity index (χ2n) is 10.1. The summed E-state index contributed by atoms with van der Waals surface area (Å²) in [5, 5.41) is 18.0. The Labute approximate surface area is 233 Å². The lowest BCUT2D eigenvalue weighted by Crippen LogP contribution is -2.36. The van der Waals surface area contributed by atoms with Gasteiger partial charge in [0.15, 0.2) is 0 Å². The minimum atomic E-state index is -1.08. The maximum absolute atomic E-state index is 13.5. The van der Waals surface area contributed by atoms with Gasteiger partial charge in [0.05, 0.1) is 12.8 Å². The fourth-order valence-corrected chi connectivity index (χ4v) is 5.98. The number of likely N-dealkylation sites (tertiary alicyclic amines) is 2. The van der Waals surface area contributed by atoms with Gasteiger partial charge in [-0.3, -0.25) is 14.4 Å². The summed E-state index contributed by atoms with van der Waals surface area (Å²) in [4.78, 5) is 37.5. The number of carbonyl (C=O) groups is 3. The third-order valence-corrected chi connectivity index (χ3v) is 8.12. The molecule has 39 heavy (non-hydrogen) atoms. The highest BCUT2D eigenvalue weighted by Gasteiger charge is 2.21. The standard InChI is InChI=1S/C26H33FN2OS.C4H6O4/c1-20-18-24(31-19-20)26(21-7-9-23(27)10-8-21)22-11-16-28(17-12-22)13-5-6-25(30)29-14-3-2-4-15-29;5-3(6)1-2-4(7)8/h7-10,18-19H,2-6,11-17H2,1H3;1-2H2,(H,5,6)(H,7,8). The van der Waals surface area contributed by atoms with Crippen molar-refractivity contribution in [2.24, 2.45) is 0 Å². The average Bonchev–Trinajstić information content (AvgIpc) is 3.36. The SMILES string of the molecule is Cc1csc(C(=C2CCN(CCCC(=O)N3CCCCC3)CC2)c2ccc(F)cc2)c1.O=C(O)CCC(=O)O. The van der Waals surface area contributed by atoms with E-state index in [9.17, 15) is 18.8 Å². The Kier molecular flexibility index (Phi) is 12.1. The molecular formula is C30H39FN2O5S. The molecule has 0 bridgehead atoms. The van der Waals surface area contributed by atoms with Crippen molar-refractivity contribution in [1.82, 2.24) is 9.80 Å². The van der Waals surface area contributed by atoms with E-state index in [2.05, 4.69) is 28.2 Å². The van der Waals surface area contributed by atoms with Gasteiger partial charge < -0.3 is 20.0 Å². The van der Waals surface area contributed by atoms with Crippen molar-refractivity contribution < 1.29 is 29.0 Å². The fourth-order valence-electron chi connectivity index (χ4n) is 4.97. The molecule has 0 spiro atoms. The van der Waals surface area contributed by atoms with E-state index in [0.29, 0.717) is 12.3 Å². The molecule has 1 aromatic carbocycles. The molecule has 4 rings (SSSR count). The minimum absolute atomic E-state index is 0.190. The summed E-state index contributed by atoms with van der Waals surface area (Å²) in [6.45, 7) is 7.08. The number of rotatable bonds is 9. The van der Waals surface area contributed by atoms with Gasteiger partial charge in [0.25, 0.3) is 0 Å². The van der Waals surface area contributed by atoms with Crippen LogP contribution < -0.4 is 0 Å². The van der Waals surface area contributed by atoms with Gasteiger partial charge in [0.2, 0.25) is 5.91 Å². The molecule has 2 aliphatic heterocycles. The second-order valence-corrected chi connectivity index (χ2v) is 11.1. The van der Waals surface area contributed by atoms with Gasteiger partial charge in [-0.25, -0.2) is 4.39 Å². The maximum atomic E-state index is 13.5. The van der Waals surface area contributed by atoms with Crippen LogP contribution in [0.15, 0.2) is 41.3 Å². The summed E-state index contributed by atoms with van der Waals surface area (Å²) in [5.41, 5.74) is 5.14. The van der Waals surface area contributed by atoms with Gasteiger partial charge in [-0.1, -0.05) is 17.7 Å². The van der Waals surface area contributed by atoms with Crippen molar-refractivity contribution in [3.63, 3.8) is 0 Å². The number of piperidine rings is 2. The molecule has 2 fully saturated rings. The van der Waals surface area contributed by atoms with E-state index in [1.54, 1.807) is 23.5 Å². The Morgan fingerprint density at radius 3 is 2.05 bits per heavy atom. The minimum Gasteiger partial charge on any atom is -0.481 e. The molecule has 0 radical (unpaired) electrons. The first kappa shape index (κ1) is 30.5. The Bertz CT molecular complexity index is 1110. The third kappa shape index (κ3) is 10.2. The van der Waals surface area contributed by atoms with Crippen molar-refractivity contribution in [2.45, 2.75) is 64.7 Å². The van der Waals surface area contributed by atoms with E-state index in [0.717, 1.165) is 70.4 Å². The number of halogens is 1. The predicted octanol–water partition coefficient (Wildman–Crippen LogP) is 5.82. The largest absolute Gasteiger partial charge is 0.481 e. The lowest BCUT2D eigenvalue weighted by atomic mass is 9.91. The van der Waals surface area contributed by atoms with E-state index in [1.807, 2.05) is 12.1 Å². The summed E-state index contributed by atoms with van der Waals surface area (Å²) in [7, 11) is 0. The van der Waals surface area contributed by atoms with Crippen LogP contribution in [-0.4, -0.2) is 70.6 Å². The molecule has 2 aromatic rings. The number of thiophene rings is 1. The summed E-state index contributed by atoms with van der Waals surface area (Å²) < 4.78 is 13.5. The van der Waals surface area contributed by atoms with Crippen molar-refractivity contribution in [3.8, 4) is 0 Å². The zero-order valence-corrected chi connectivity index (χ0v) is 23.5. The number of carboxylic acid groups (broad SMARTS) is 2. The van der Waals surface area contributed by atoms with Gasteiger partial charge >= 0.3 is 11.9 Å². The molecule has 3 heterocycles. The first-order valence-corrected chi connectivity index (χ1v) is 14.6. The van der Waals surface area contributed by atoms with Gasteiger partial charge in [-0.2, -0.15) is 0 Å². The molecule has 7 nitrogen and oxygen atoms in total. The molecule has 0 atom stereocenters. The van der Waals surface area contributed by atoms with Gasteiger partial charge in [-0.05, 0) is 92.3 Å². The highest BCUT2D eigenvalue weighted by molar-refractivity contribution is 7.11. The van der Waals surface area contributed by atoms with Crippen molar-refractivity contribution >= 4 is 34.8 Å². The molecule has 212 valence electrons. The normalized spacial score (nSPS) is 15.8. The van der Waals surface area contributed by atoms with Gasteiger partial charge in [0, 0.05) is 37.5 Å². The van der Waals surface area contributed by atoms with E-state index < -0.39 is 11.9 Å². The Balaban J connectivity index is 0.000000459. The first-order chi connectivity index (χ1) is 18.7. The molecule has 1 aromatic heterocycles. The number of hydrogen-bond acceptors (Lipinski definition) is 5. The summed E-state index contributed by atoms with van der Waals surface area (Å²) in [5.74, 6) is -2.01. The van der Waals surface area contributed by atoms with Gasteiger partial charge in [-0.15, -0.1) is 11.3 Å². The monoisotopic (exact) mass is 558 g/mol. The number of nitrogens with zero attached hydrogens (tertiary/aromatic N) is 2. The second kappa shape index (κ2) is 15.5. The average molecular weight is 559 g/mol. The van der Waals surface area contributed by atoms with Crippen LogP contribution in [0.25, 0.3) is 5.57 Å². The molecule has 1 amide bonds. The molecule has 2 aliphatic rings. The van der Waals surface area contributed by atoms with E-state index in [4.69, 9.17) is 10.2 Å². The van der Waals surface area contributed by atoms with Crippen LogP contribution in [0.2, 0.25) is 0 Å². The van der Waals surface area contributed by atoms with Crippen LogP contribution in [0.4, 0.5) is 4.39 Å². The number of carboxylic acids is 2. The summed E-state index contributed by atoms with van der Waals surface area (Å²) in [6, 6.07) is 9.18. The Morgan fingerprint density at radius 2 is 1.51 bits per heavy atom. The Hall–Kier alpha value is -3.04. The van der Waals surface area contributed by atoms with E-state index >= 15 is 0 Å². The molecule has 0 saturated carbocycles. The molecule has 2 saturated heterocycles. The maximum Gasteiger partial charge on any atom is 0.303 e. The number of carbonyl (C=O) groups excluding carboxylic acids is 1. The number of amides is 1.